The van der Waals surface area contributed by atoms with Gasteiger partial charge in [0.05, 0.1) is 18.0 Å². The first-order valence-electron chi connectivity index (χ1n) is 7.07. The second kappa shape index (κ2) is 6.68. The standard InChI is InChI=1S/C16H23N3O/c1-4-19(11-14-8-5-7-12(2)18-14)16(13(3)17)15-9-6-10-20-15/h5-10,13,16H,4,11,17H2,1-3H3. The molecule has 2 aromatic rings. The van der Waals surface area contributed by atoms with E-state index in [0.29, 0.717) is 0 Å². The van der Waals surface area contributed by atoms with E-state index in [0.717, 1.165) is 30.2 Å². The second-order valence-corrected chi connectivity index (χ2v) is 5.15. The molecule has 4 heteroatoms. The molecule has 0 saturated carbocycles. The minimum Gasteiger partial charge on any atom is -0.468 e. The van der Waals surface area contributed by atoms with Gasteiger partial charge < -0.3 is 10.2 Å². The van der Waals surface area contributed by atoms with E-state index in [4.69, 9.17) is 10.2 Å². The van der Waals surface area contributed by atoms with Crippen molar-refractivity contribution in [2.75, 3.05) is 6.54 Å². The number of furan rings is 1. The first-order valence-corrected chi connectivity index (χ1v) is 7.07. The van der Waals surface area contributed by atoms with E-state index in [1.54, 1.807) is 6.26 Å². The Balaban J connectivity index is 2.21. The summed E-state index contributed by atoms with van der Waals surface area (Å²) in [6.45, 7) is 7.82. The van der Waals surface area contributed by atoms with Gasteiger partial charge in [0.1, 0.15) is 5.76 Å². The lowest BCUT2D eigenvalue weighted by molar-refractivity contribution is 0.153. The minimum atomic E-state index is -0.00842. The summed E-state index contributed by atoms with van der Waals surface area (Å²) in [5, 5.41) is 0. The zero-order chi connectivity index (χ0) is 14.5. The monoisotopic (exact) mass is 273 g/mol. The summed E-state index contributed by atoms with van der Waals surface area (Å²) in [4.78, 5) is 6.87. The summed E-state index contributed by atoms with van der Waals surface area (Å²) in [5.74, 6) is 0.912. The average molecular weight is 273 g/mol. The highest BCUT2D eigenvalue weighted by molar-refractivity contribution is 5.12. The van der Waals surface area contributed by atoms with Gasteiger partial charge in [-0.15, -0.1) is 0 Å². The molecule has 0 radical (unpaired) electrons. The van der Waals surface area contributed by atoms with Gasteiger partial charge in [0.2, 0.25) is 0 Å². The molecule has 2 heterocycles. The topological polar surface area (TPSA) is 55.3 Å². The Morgan fingerprint density at radius 1 is 1.30 bits per heavy atom. The third-order valence-corrected chi connectivity index (χ3v) is 3.44. The molecule has 4 nitrogen and oxygen atoms in total. The quantitative estimate of drug-likeness (QED) is 0.879. The predicted molar refractivity (Wildman–Crippen MR) is 80.2 cm³/mol. The van der Waals surface area contributed by atoms with Crippen molar-refractivity contribution in [3.05, 3.63) is 53.7 Å². The molecule has 0 aromatic carbocycles. The van der Waals surface area contributed by atoms with Crippen LogP contribution in [-0.2, 0) is 6.54 Å². The second-order valence-electron chi connectivity index (χ2n) is 5.15. The normalized spacial score (nSPS) is 14.4. The number of nitrogens with zero attached hydrogens (tertiary/aromatic N) is 2. The van der Waals surface area contributed by atoms with Crippen molar-refractivity contribution in [1.82, 2.24) is 9.88 Å². The molecular formula is C16H23N3O. The molecule has 2 atom stereocenters. The van der Waals surface area contributed by atoms with E-state index in [1.165, 1.54) is 0 Å². The molecular weight excluding hydrogens is 250 g/mol. The number of aromatic nitrogens is 1. The summed E-state index contributed by atoms with van der Waals surface area (Å²) in [6.07, 6.45) is 1.70. The number of hydrogen-bond donors (Lipinski definition) is 1. The summed E-state index contributed by atoms with van der Waals surface area (Å²) in [7, 11) is 0. The number of likely N-dealkylation sites (N-methyl/N-ethyl adjacent to an activating group) is 1. The van der Waals surface area contributed by atoms with Crippen molar-refractivity contribution < 1.29 is 4.42 Å². The Bertz CT molecular complexity index is 522. The van der Waals surface area contributed by atoms with E-state index in [-0.39, 0.29) is 12.1 Å². The smallest absolute Gasteiger partial charge is 0.122 e. The fourth-order valence-corrected chi connectivity index (χ4v) is 2.53. The van der Waals surface area contributed by atoms with Gasteiger partial charge in [0.25, 0.3) is 0 Å². The number of nitrogens with two attached hydrogens (primary N) is 1. The summed E-state index contributed by atoms with van der Waals surface area (Å²) >= 11 is 0. The lowest BCUT2D eigenvalue weighted by Crippen LogP contribution is -2.39. The van der Waals surface area contributed by atoms with Crippen molar-refractivity contribution in [2.45, 2.75) is 39.4 Å². The molecule has 0 aliphatic heterocycles. The van der Waals surface area contributed by atoms with E-state index in [9.17, 15) is 0 Å². The van der Waals surface area contributed by atoms with Gasteiger partial charge in [0.15, 0.2) is 0 Å². The molecule has 0 aliphatic rings. The van der Waals surface area contributed by atoms with Crippen LogP contribution < -0.4 is 5.73 Å². The van der Waals surface area contributed by atoms with Crippen LogP contribution in [0.5, 0.6) is 0 Å². The lowest BCUT2D eigenvalue weighted by atomic mass is 10.1. The Kier molecular flexibility index (Phi) is 4.93. The number of aryl methyl sites for hydroxylation is 1. The largest absolute Gasteiger partial charge is 0.468 e. The number of hydrogen-bond acceptors (Lipinski definition) is 4. The summed E-state index contributed by atoms with van der Waals surface area (Å²) < 4.78 is 5.56. The van der Waals surface area contributed by atoms with Crippen LogP contribution in [0, 0.1) is 6.92 Å². The number of rotatable bonds is 6. The molecule has 0 fully saturated rings. The lowest BCUT2D eigenvalue weighted by Gasteiger charge is -2.31. The Morgan fingerprint density at radius 3 is 2.65 bits per heavy atom. The van der Waals surface area contributed by atoms with Crippen molar-refractivity contribution in [3.63, 3.8) is 0 Å². The highest BCUT2D eigenvalue weighted by atomic mass is 16.3. The van der Waals surface area contributed by atoms with Gasteiger partial charge >= 0.3 is 0 Å². The molecule has 0 bridgehead atoms. The van der Waals surface area contributed by atoms with Crippen LogP contribution in [0.1, 0.15) is 37.0 Å². The van der Waals surface area contributed by atoms with Gasteiger partial charge in [-0.3, -0.25) is 9.88 Å². The first kappa shape index (κ1) is 14.8. The fourth-order valence-electron chi connectivity index (χ4n) is 2.53. The van der Waals surface area contributed by atoms with E-state index >= 15 is 0 Å². The van der Waals surface area contributed by atoms with E-state index in [1.807, 2.05) is 38.1 Å². The zero-order valence-electron chi connectivity index (χ0n) is 12.4. The molecule has 0 saturated heterocycles. The summed E-state index contributed by atoms with van der Waals surface area (Å²) in [6, 6.07) is 10.1. The van der Waals surface area contributed by atoms with Gasteiger partial charge in [-0.1, -0.05) is 13.0 Å². The molecule has 108 valence electrons. The van der Waals surface area contributed by atoms with Crippen molar-refractivity contribution in [1.29, 1.82) is 0 Å². The van der Waals surface area contributed by atoms with Crippen LogP contribution in [0.4, 0.5) is 0 Å². The molecule has 0 aliphatic carbocycles. The fraction of sp³-hybridized carbons (Fsp3) is 0.438. The van der Waals surface area contributed by atoms with Crippen molar-refractivity contribution in [3.8, 4) is 0 Å². The van der Waals surface area contributed by atoms with Crippen LogP contribution in [0.3, 0.4) is 0 Å². The summed E-state index contributed by atoms with van der Waals surface area (Å²) in [5.41, 5.74) is 8.26. The van der Waals surface area contributed by atoms with Crippen LogP contribution in [0.2, 0.25) is 0 Å². The molecule has 2 rings (SSSR count). The van der Waals surface area contributed by atoms with E-state index < -0.39 is 0 Å². The third kappa shape index (κ3) is 3.46. The van der Waals surface area contributed by atoms with Crippen LogP contribution in [-0.4, -0.2) is 22.5 Å². The predicted octanol–water partition coefficient (Wildman–Crippen LogP) is 2.89. The van der Waals surface area contributed by atoms with Crippen LogP contribution >= 0.6 is 0 Å². The Morgan fingerprint density at radius 2 is 2.10 bits per heavy atom. The highest BCUT2D eigenvalue weighted by Crippen LogP contribution is 2.25. The SMILES string of the molecule is CCN(Cc1cccc(C)n1)C(c1ccco1)C(C)N. The minimum absolute atomic E-state index is 0.00842. The van der Waals surface area contributed by atoms with Crippen molar-refractivity contribution >= 4 is 0 Å². The Hall–Kier alpha value is -1.65. The molecule has 0 spiro atoms. The maximum Gasteiger partial charge on any atom is 0.122 e. The van der Waals surface area contributed by atoms with Crippen LogP contribution in [0.15, 0.2) is 41.0 Å². The average Bonchev–Trinajstić information content (AvgIpc) is 2.91. The maximum absolute atomic E-state index is 6.17. The highest BCUT2D eigenvalue weighted by Gasteiger charge is 2.25. The molecule has 0 amide bonds. The Labute approximate surface area is 120 Å². The van der Waals surface area contributed by atoms with Gasteiger partial charge in [-0.2, -0.15) is 0 Å². The van der Waals surface area contributed by atoms with Crippen LogP contribution in [0.25, 0.3) is 0 Å². The zero-order valence-corrected chi connectivity index (χ0v) is 12.4. The third-order valence-electron chi connectivity index (χ3n) is 3.44. The first-order chi connectivity index (χ1) is 9.61. The van der Waals surface area contributed by atoms with Crippen molar-refractivity contribution in [2.24, 2.45) is 5.73 Å². The number of pyridine rings is 1. The van der Waals surface area contributed by atoms with Gasteiger partial charge in [0, 0.05) is 18.3 Å². The molecule has 2 N–H and O–H groups in total. The van der Waals surface area contributed by atoms with E-state index in [2.05, 4.69) is 22.9 Å². The maximum atomic E-state index is 6.17. The van der Waals surface area contributed by atoms with Gasteiger partial charge in [-0.05, 0) is 44.7 Å². The van der Waals surface area contributed by atoms with Gasteiger partial charge in [-0.25, -0.2) is 0 Å². The molecule has 2 unspecified atom stereocenters. The molecule has 2 aromatic heterocycles. The molecule has 20 heavy (non-hydrogen) atoms.